The molecule has 126 valence electrons. The second kappa shape index (κ2) is 6.55. The molecule has 0 amide bonds. The minimum Gasteiger partial charge on any atom is -0.545 e. The third-order valence-corrected chi connectivity index (χ3v) is 6.08. The number of sulfonamides is 1. The van der Waals surface area contributed by atoms with E-state index in [9.17, 15) is 18.3 Å². The van der Waals surface area contributed by atoms with Crippen molar-refractivity contribution in [3.8, 4) is 0 Å². The second-order valence-electron chi connectivity index (χ2n) is 5.70. The Morgan fingerprint density at radius 2 is 1.96 bits per heavy atom. The molecule has 0 saturated carbocycles. The molecule has 0 fully saturated rings. The van der Waals surface area contributed by atoms with Crippen LogP contribution < -0.4 is 9.83 Å². The Morgan fingerprint density at radius 1 is 1.21 bits per heavy atom. The van der Waals surface area contributed by atoms with Crippen molar-refractivity contribution in [2.75, 3.05) is 0 Å². The molecule has 1 N–H and O–H groups in total. The van der Waals surface area contributed by atoms with E-state index in [-0.39, 0.29) is 21.5 Å². The summed E-state index contributed by atoms with van der Waals surface area (Å²) in [6.45, 7) is 0. The maximum Gasteiger partial charge on any atom is 0.242 e. The van der Waals surface area contributed by atoms with E-state index in [0.717, 1.165) is 30.0 Å². The Balaban J connectivity index is 1.96. The monoisotopic (exact) mass is 364 g/mol. The predicted molar refractivity (Wildman–Crippen MR) is 88.2 cm³/mol. The zero-order valence-electron chi connectivity index (χ0n) is 12.7. The molecular formula is C17H15ClNO4S-. The van der Waals surface area contributed by atoms with Crippen LogP contribution in [-0.4, -0.2) is 14.4 Å². The molecule has 3 rings (SSSR count). The van der Waals surface area contributed by atoms with E-state index >= 15 is 0 Å². The molecule has 0 radical (unpaired) electrons. The maximum absolute atomic E-state index is 12.7. The molecule has 0 aliphatic heterocycles. The number of carboxylic acids is 1. The average molecular weight is 365 g/mol. The first kappa shape index (κ1) is 17.0. The van der Waals surface area contributed by atoms with Crippen LogP contribution in [0.2, 0.25) is 5.02 Å². The van der Waals surface area contributed by atoms with Crippen molar-refractivity contribution in [3.05, 3.63) is 64.2 Å². The molecule has 7 heteroatoms. The van der Waals surface area contributed by atoms with Crippen LogP contribution in [0.3, 0.4) is 0 Å². The maximum atomic E-state index is 12.7. The van der Waals surface area contributed by atoms with Crippen LogP contribution >= 0.6 is 11.6 Å². The number of hydrogen-bond acceptors (Lipinski definition) is 4. The summed E-state index contributed by atoms with van der Waals surface area (Å²) in [5, 5.41) is 10.9. The fourth-order valence-electron chi connectivity index (χ4n) is 2.96. The minimum absolute atomic E-state index is 0.0309. The molecule has 2 aromatic carbocycles. The van der Waals surface area contributed by atoms with Crippen LogP contribution in [0.5, 0.6) is 0 Å². The molecule has 0 saturated heterocycles. The molecule has 0 aromatic heterocycles. The van der Waals surface area contributed by atoms with E-state index in [2.05, 4.69) is 4.72 Å². The zero-order valence-corrected chi connectivity index (χ0v) is 14.2. The Morgan fingerprint density at radius 3 is 2.71 bits per heavy atom. The first-order valence-corrected chi connectivity index (χ1v) is 9.35. The number of nitrogens with one attached hydrogen (secondary N) is 1. The van der Waals surface area contributed by atoms with Crippen molar-refractivity contribution < 1.29 is 18.3 Å². The summed E-state index contributed by atoms with van der Waals surface area (Å²) in [5.41, 5.74) is 1.83. The number of aromatic carboxylic acids is 1. The molecule has 0 bridgehead atoms. The van der Waals surface area contributed by atoms with Gasteiger partial charge in [-0.3, -0.25) is 0 Å². The Kier molecular flexibility index (Phi) is 4.62. The number of hydrogen-bond donors (Lipinski definition) is 1. The summed E-state index contributed by atoms with van der Waals surface area (Å²) >= 11 is 5.97. The standard InChI is InChI=1S/C17H16ClNO4S/c18-14-9-8-12(17(20)21)10-16(14)24(22,23)19-15-7-3-5-11-4-1-2-6-13(11)15/h1-2,4,6,8-10,15,19H,3,5,7H2,(H,20,21)/p-1/t15-/m0/s1. The summed E-state index contributed by atoms with van der Waals surface area (Å²) in [5.74, 6) is -1.45. The molecule has 5 nitrogen and oxygen atoms in total. The second-order valence-corrected chi connectivity index (χ2v) is 7.79. The van der Waals surface area contributed by atoms with E-state index in [1.165, 1.54) is 12.1 Å². The molecule has 0 unspecified atom stereocenters. The normalized spacial score (nSPS) is 17.3. The number of fused-ring (bicyclic) bond motifs is 1. The number of benzene rings is 2. The van der Waals surface area contributed by atoms with E-state index in [1.807, 2.05) is 24.3 Å². The van der Waals surface area contributed by atoms with E-state index in [1.54, 1.807) is 0 Å². The number of carbonyl (C=O) groups excluding carboxylic acids is 1. The van der Waals surface area contributed by atoms with E-state index in [0.29, 0.717) is 6.42 Å². The molecule has 1 aliphatic rings. The summed E-state index contributed by atoms with van der Waals surface area (Å²) in [7, 11) is -3.96. The number of aryl methyl sites for hydroxylation is 1. The van der Waals surface area contributed by atoms with Gasteiger partial charge in [-0.2, -0.15) is 0 Å². The molecule has 2 aromatic rings. The van der Waals surface area contributed by atoms with Gasteiger partial charge in [-0.25, -0.2) is 13.1 Å². The summed E-state index contributed by atoms with van der Waals surface area (Å²) in [4.78, 5) is 10.7. The van der Waals surface area contributed by atoms with Crippen molar-refractivity contribution in [1.29, 1.82) is 0 Å². The van der Waals surface area contributed by atoms with Gasteiger partial charge in [-0.05, 0) is 48.1 Å². The molecule has 0 spiro atoms. The Hall–Kier alpha value is -1.89. The van der Waals surface area contributed by atoms with Crippen LogP contribution in [0, 0.1) is 0 Å². The van der Waals surface area contributed by atoms with Crippen molar-refractivity contribution in [1.82, 2.24) is 4.72 Å². The Bertz CT molecular complexity index is 895. The highest BCUT2D eigenvalue weighted by atomic mass is 35.5. The van der Waals surface area contributed by atoms with Gasteiger partial charge in [0.15, 0.2) is 0 Å². The summed E-state index contributed by atoms with van der Waals surface area (Å²) in [6, 6.07) is 10.8. The SMILES string of the molecule is O=C([O-])c1ccc(Cl)c(S(=O)(=O)N[C@H]2CCCc3ccccc32)c1. The molecular weight excluding hydrogens is 350 g/mol. The molecule has 1 aliphatic carbocycles. The third kappa shape index (κ3) is 3.31. The van der Waals surface area contributed by atoms with Gasteiger partial charge in [-0.15, -0.1) is 0 Å². The van der Waals surface area contributed by atoms with Crippen molar-refractivity contribution in [2.24, 2.45) is 0 Å². The first-order chi connectivity index (χ1) is 11.4. The fraction of sp³-hybridized carbons (Fsp3) is 0.235. The van der Waals surface area contributed by atoms with Crippen LogP contribution in [0.4, 0.5) is 0 Å². The fourth-order valence-corrected chi connectivity index (χ4v) is 4.74. The Labute approximate surface area is 145 Å². The molecule has 1 atom stereocenters. The predicted octanol–water partition coefficient (Wildman–Crippen LogP) is 2.06. The lowest BCUT2D eigenvalue weighted by molar-refractivity contribution is -0.255. The van der Waals surface area contributed by atoms with Crippen molar-refractivity contribution in [3.63, 3.8) is 0 Å². The van der Waals surface area contributed by atoms with Gasteiger partial charge in [0.1, 0.15) is 4.90 Å². The van der Waals surface area contributed by atoms with Gasteiger partial charge >= 0.3 is 0 Å². The van der Waals surface area contributed by atoms with Gasteiger partial charge in [0, 0.05) is 6.04 Å². The van der Waals surface area contributed by atoms with E-state index in [4.69, 9.17) is 11.6 Å². The van der Waals surface area contributed by atoms with Crippen LogP contribution in [0.1, 0.15) is 40.4 Å². The van der Waals surface area contributed by atoms with Gasteiger partial charge in [-0.1, -0.05) is 41.9 Å². The molecule has 0 heterocycles. The summed E-state index contributed by atoms with van der Waals surface area (Å²) in [6.07, 6.45) is 2.46. The largest absolute Gasteiger partial charge is 0.545 e. The van der Waals surface area contributed by atoms with Gasteiger partial charge < -0.3 is 9.90 Å². The van der Waals surface area contributed by atoms with Gasteiger partial charge in [0.05, 0.1) is 11.0 Å². The number of carboxylic acid groups (broad SMARTS) is 1. The third-order valence-electron chi connectivity index (χ3n) is 4.12. The van der Waals surface area contributed by atoms with Crippen LogP contribution in [0.15, 0.2) is 47.4 Å². The lowest BCUT2D eigenvalue weighted by Crippen LogP contribution is -2.31. The lowest BCUT2D eigenvalue weighted by atomic mass is 9.88. The number of carbonyl (C=O) groups is 1. The van der Waals surface area contributed by atoms with Crippen LogP contribution in [-0.2, 0) is 16.4 Å². The van der Waals surface area contributed by atoms with Crippen molar-refractivity contribution >= 4 is 27.6 Å². The zero-order chi connectivity index (χ0) is 17.3. The summed E-state index contributed by atoms with van der Waals surface area (Å²) < 4.78 is 28.0. The highest BCUT2D eigenvalue weighted by Crippen LogP contribution is 2.32. The number of rotatable bonds is 4. The van der Waals surface area contributed by atoms with Gasteiger partial charge in [0.25, 0.3) is 0 Å². The number of halogens is 1. The highest BCUT2D eigenvalue weighted by molar-refractivity contribution is 7.89. The average Bonchev–Trinajstić information content (AvgIpc) is 2.55. The molecule has 24 heavy (non-hydrogen) atoms. The first-order valence-electron chi connectivity index (χ1n) is 7.49. The van der Waals surface area contributed by atoms with E-state index < -0.39 is 16.0 Å². The van der Waals surface area contributed by atoms with Crippen molar-refractivity contribution in [2.45, 2.75) is 30.2 Å². The van der Waals surface area contributed by atoms with Gasteiger partial charge in [0.2, 0.25) is 10.0 Å². The quantitative estimate of drug-likeness (QED) is 0.899. The topological polar surface area (TPSA) is 86.3 Å². The van der Waals surface area contributed by atoms with Crippen LogP contribution in [0.25, 0.3) is 0 Å². The lowest BCUT2D eigenvalue weighted by Gasteiger charge is -2.26. The minimum atomic E-state index is -3.96. The highest BCUT2D eigenvalue weighted by Gasteiger charge is 2.27. The smallest absolute Gasteiger partial charge is 0.242 e.